The van der Waals surface area contributed by atoms with Crippen LogP contribution in [0, 0.1) is 5.92 Å². The maximum atomic E-state index is 5.94. The first-order valence-electron chi connectivity index (χ1n) is 4.56. The van der Waals surface area contributed by atoms with Crippen molar-refractivity contribution < 1.29 is 4.74 Å². The lowest BCUT2D eigenvalue weighted by Crippen LogP contribution is -1.90. The monoisotopic (exact) mass is 196 g/mol. The normalized spacial score (nSPS) is 25.8. The van der Waals surface area contributed by atoms with Gasteiger partial charge in [-0.3, -0.25) is 0 Å². The van der Waals surface area contributed by atoms with Crippen molar-refractivity contribution in [3.63, 3.8) is 0 Å². The highest BCUT2D eigenvalue weighted by Crippen LogP contribution is 2.50. The van der Waals surface area contributed by atoms with Gasteiger partial charge in [0.15, 0.2) is 0 Å². The third-order valence-electron chi connectivity index (χ3n) is 2.70. The number of hydrogen-bond acceptors (Lipinski definition) is 1. The fourth-order valence-corrected chi connectivity index (χ4v) is 1.93. The van der Waals surface area contributed by atoms with Crippen LogP contribution in [-0.2, 0) is 0 Å². The highest BCUT2D eigenvalue weighted by molar-refractivity contribution is 6.30. The molecule has 0 unspecified atom stereocenters. The second-order valence-corrected chi connectivity index (χ2v) is 4.14. The maximum Gasteiger partial charge on any atom is 0.122 e. The molecule has 1 fully saturated rings. The zero-order valence-electron chi connectivity index (χ0n) is 7.88. The molecule has 2 rings (SSSR count). The molecule has 1 aromatic rings. The standard InChI is InChI=1S/C11H13ClO/c1-7-5-9(7)10-6-8(12)3-4-11(10)13-2/h3-4,6-7,9H,5H2,1-2H3/t7-,9+/m0/s1. The first kappa shape index (κ1) is 8.89. The second kappa shape index (κ2) is 3.22. The van der Waals surface area contributed by atoms with Crippen LogP contribution in [0.25, 0.3) is 0 Å². The van der Waals surface area contributed by atoms with Crippen LogP contribution >= 0.6 is 11.6 Å². The van der Waals surface area contributed by atoms with E-state index in [1.165, 1.54) is 12.0 Å². The highest BCUT2D eigenvalue weighted by atomic mass is 35.5. The molecule has 0 spiro atoms. The van der Waals surface area contributed by atoms with E-state index in [-0.39, 0.29) is 0 Å². The molecular formula is C11H13ClO. The minimum atomic E-state index is 0.661. The van der Waals surface area contributed by atoms with Crippen molar-refractivity contribution in [2.75, 3.05) is 7.11 Å². The van der Waals surface area contributed by atoms with E-state index in [0.29, 0.717) is 5.92 Å². The van der Waals surface area contributed by atoms with Gasteiger partial charge in [-0.05, 0) is 42.0 Å². The average Bonchev–Trinajstić information content (AvgIpc) is 2.82. The Kier molecular flexibility index (Phi) is 2.20. The van der Waals surface area contributed by atoms with Gasteiger partial charge in [-0.15, -0.1) is 0 Å². The Morgan fingerprint density at radius 1 is 1.46 bits per heavy atom. The fourth-order valence-electron chi connectivity index (χ4n) is 1.75. The molecule has 0 bridgehead atoms. The molecule has 0 radical (unpaired) electrons. The Hall–Kier alpha value is -0.690. The predicted molar refractivity (Wildman–Crippen MR) is 54.5 cm³/mol. The van der Waals surface area contributed by atoms with E-state index in [2.05, 4.69) is 6.92 Å². The van der Waals surface area contributed by atoms with Crippen molar-refractivity contribution in [3.8, 4) is 5.75 Å². The Balaban J connectivity index is 2.35. The molecule has 0 amide bonds. The molecule has 0 aliphatic heterocycles. The lowest BCUT2D eigenvalue weighted by molar-refractivity contribution is 0.409. The lowest BCUT2D eigenvalue weighted by atomic mass is 10.1. The molecule has 1 saturated carbocycles. The van der Waals surface area contributed by atoms with Crippen molar-refractivity contribution in [2.24, 2.45) is 5.92 Å². The van der Waals surface area contributed by atoms with Crippen molar-refractivity contribution in [2.45, 2.75) is 19.3 Å². The van der Waals surface area contributed by atoms with Gasteiger partial charge >= 0.3 is 0 Å². The summed E-state index contributed by atoms with van der Waals surface area (Å²) in [6.45, 7) is 2.25. The molecular weight excluding hydrogens is 184 g/mol. The molecule has 0 heterocycles. The van der Waals surface area contributed by atoms with Gasteiger partial charge in [0.25, 0.3) is 0 Å². The summed E-state index contributed by atoms with van der Waals surface area (Å²) in [5.41, 5.74) is 1.27. The van der Waals surface area contributed by atoms with Crippen molar-refractivity contribution in [3.05, 3.63) is 28.8 Å². The number of benzene rings is 1. The first-order chi connectivity index (χ1) is 6.22. The van der Waals surface area contributed by atoms with Crippen LogP contribution in [0.3, 0.4) is 0 Å². The quantitative estimate of drug-likeness (QED) is 0.704. The molecule has 0 N–H and O–H groups in total. The second-order valence-electron chi connectivity index (χ2n) is 3.71. The van der Waals surface area contributed by atoms with Gasteiger partial charge in [0.05, 0.1) is 7.11 Å². The van der Waals surface area contributed by atoms with E-state index in [4.69, 9.17) is 16.3 Å². The van der Waals surface area contributed by atoms with E-state index < -0.39 is 0 Å². The third-order valence-corrected chi connectivity index (χ3v) is 2.94. The largest absolute Gasteiger partial charge is 0.496 e. The summed E-state index contributed by atoms with van der Waals surface area (Å²) in [6, 6.07) is 5.84. The topological polar surface area (TPSA) is 9.23 Å². The molecule has 0 aromatic heterocycles. The van der Waals surface area contributed by atoms with Gasteiger partial charge in [-0.1, -0.05) is 18.5 Å². The van der Waals surface area contributed by atoms with Gasteiger partial charge in [0.1, 0.15) is 5.75 Å². The number of hydrogen-bond donors (Lipinski definition) is 0. The van der Waals surface area contributed by atoms with Gasteiger partial charge < -0.3 is 4.74 Å². The molecule has 1 aromatic carbocycles. The molecule has 13 heavy (non-hydrogen) atoms. The molecule has 2 heteroatoms. The van der Waals surface area contributed by atoms with Crippen LogP contribution in [0.2, 0.25) is 5.02 Å². The minimum absolute atomic E-state index is 0.661. The predicted octanol–water partition coefficient (Wildman–Crippen LogP) is 3.47. The number of halogens is 1. The van der Waals surface area contributed by atoms with Gasteiger partial charge in [0.2, 0.25) is 0 Å². The van der Waals surface area contributed by atoms with Crippen molar-refractivity contribution in [1.29, 1.82) is 0 Å². The first-order valence-corrected chi connectivity index (χ1v) is 4.93. The van der Waals surface area contributed by atoms with Crippen molar-refractivity contribution in [1.82, 2.24) is 0 Å². The molecule has 0 saturated heterocycles. The van der Waals surface area contributed by atoms with E-state index >= 15 is 0 Å². The third kappa shape index (κ3) is 1.66. The smallest absolute Gasteiger partial charge is 0.122 e. The summed E-state index contributed by atoms with van der Waals surface area (Å²) in [7, 11) is 1.71. The zero-order chi connectivity index (χ0) is 9.42. The summed E-state index contributed by atoms with van der Waals surface area (Å²) in [4.78, 5) is 0. The number of methoxy groups -OCH3 is 1. The molecule has 1 aliphatic carbocycles. The van der Waals surface area contributed by atoms with Crippen molar-refractivity contribution >= 4 is 11.6 Å². The van der Waals surface area contributed by atoms with Crippen LogP contribution < -0.4 is 4.74 Å². The van der Waals surface area contributed by atoms with E-state index in [1.54, 1.807) is 7.11 Å². The molecule has 1 nitrogen and oxygen atoms in total. The Morgan fingerprint density at radius 3 is 2.69 bits per heavy atom. The van der Waals surface area contributed by atoms with Gasteiger partial charge in [-0.25, -0.2) is 0 Å². The molecule has 2 atom stereocenters. The Bertz CT molecular complexity index is 322. The van der Waals surface area contributed by atoms with E-state index in [9.17, 15) is 0 Å². The number of ether oxygens (including phenoxy) is 1. The lowest BCUT2D eigenvalue weighted by Gasteiger charge is -2.07. The van der Waals surface area contributed by atoms with Gasteiger partial charge in [0, 0.05) is 5.02 Å². The van der Waals surface area contributed by atoms with Crippen LogP contribution in [0.15, 0.2) is 18.2 Å². The van der Waals surface area contributed by atoms with E-state index in [1.807, 2.05) is 18.2 Å². The average molecular weight is 197 g/mol. The Labute approximate surface area is 83.7 Å². The van der Waals surface area contributed by atoms with Crippen LogP contribution in [0.5, 0.6) is 5.75 Å². The summed E-state index contributed by atoms with van der Waals surface area (Å²) in [6.07, 6.45) is 1.26. The maximum absolute atomic E-state index is 5.94. The Morgan fingerprint density at radius 2 is 2.15 bits per heavy atom. The summed E-state index contributed by atoms with van der Waals surface area (Å²) in [5.74, 6) is 2.42. The molecule has 1 aliphatic rings. The van der Waals surface area contributed by atoms with Gasteiger partial charge in [-0.2, -0.15) is 0 Å². The summed E-state index contributed by atoms with van der Waals surface area (Å²) >= 11 is 5.94. The highest BCUT2D eigenvalue weighted by Gasteiger charge is 2.36. The summed E-state index contributed by atoms with van der Waals surface area (Å²) < 4.78 is 5.29. The van der Waals surface area contributed by atoms with E-state index in [0.717, 1.165) is 16.7 Å². The zero-order valence-corrected chi connectivity index (χ0v) is 8.64. The number of rotatable bonds is 2. The summed E-state index contributed by atoms with van der Waals surface area (Å²) in [5, 5.41) is 0.801. The SMILES string of the molecule is COc1ccc(Cl)cc1[C@@H]1C[C@@H]1C. The van der Waals surface area contributed by atoms with Crippen LogP contribution in [0.1, 0.15) is 24.8 Å². The minimum Gasteiger partial charge on any atom is -0.496 e. The van der Waals surface area contributed by atoms with Crippen LogP contribution in [0.4, 0.5) is 0 Å². The fraction of sp³-hybridized carbons (Fsp3) is 0.455. The van der Waals surface area contributed by atoms with Crippen LogP contribution in [-0.4, -0.2) is 7.11 Å². The molecule has 70 valence electrons.